The zero-order valence-corrected chi connectivity index (χ0v) is 18.0. The number of nitrogens with one attached hydrogen (secondary N) is 2. The van der Waals surface area contributed by atoms with Crippen LogP contribution in [0.2, 0.25) is 10.0 Å². The Morgan fingerprint density at radius 1 is 1.10 bits per heavy atom. The van der Waals surface area contributed by atoms with E-state index in [9.17, 15) is 9.59 Å². The maximum atomic E-state index is 12.6. The van der Waals surface area contributed by atoms with Crippen LogP contribution < -0.4 is 10.9 Å². The third-order valence-electron chi connectivity index (χ3n) is 4.67. The Morgan fingerprint density at radius 3 is 2.69 bits per heavy atom. The number of hydrogen-bond donors (Lipinski definition) is 2. The first kappa shape index (κ1) is 21.6. The van der Waals surface area contributed by atoms with Crippen LogP contribution >= 0.6 is 35.4 Å². The topological polar surface area (TPSA) is 66.9 Å². The highest BCUT2D eigenvalue weighted by atomic mass is 35.5. The summed E-state index contributed by atoms with van der Waals surface area (Å²) < 4.78 is 2.01. The molecule has 2 N–H and O–H groups in total. The molecule has 1 amide bonds. The van der Waals surface area contributed by atoms with Gasteiger partial charge in [-0.05, 0) is 54.9 Å². The molecule has 0 aliphatic rings. The van der Waals surface area contributed by atoms with Crippen molar-refractivity contribution in [3.8, 4) is 0 Å². The van der Waals surface area contributed by atoms with E-state index in [1.165, 1.54) is 0 Å². The average molecular weight is 450 g/mol. The lowest BCUT2D eigenvalue weighted by Crippen LogP contribution is -2.23. The third-order valence-corrected chi connectivity index (χ3v) is 5.58. The second kappa shape index (κ2) is 10.1. The van der Waals surface area contributed by atoms with Gasteiger partial charge in [0, 0.05) is 29.6 Å². The van der Waals surface area contributed by atoms with Crippen LogP contribution in [0.3, 0.4) is 0 Å². The normalized spacial score (nSPS) is 11.0. The second-order valence-corrected chi connectivity index (χ2v) is 7.99. The molecule has 8 heteroatoms. The van der Waals surface area contributed by atoms with Crippen LogP contribution in [0.5, 0.6) is 0 Å². The number of rotatable bonds is 8. The van der Waals surface area contributed by atoms with Crippen molar-refractivity contribution in [1.29, 1.82) is 0 Å². The number of benzene rings is 2. The zero-order chi connectivity index (χ0) is 20.8. The molecular weight excluding hydrogens is 429 g/mol. The molecule has 0 bridgehead atoms. The second-order valence-electron chi connectivity index (χ2n) is 6.76. The van der Waals surface area contributed by atoms with Gasteiger partial charge in [0.15, 0.2) is 4.77 Å². The number of halogens is 2. The van der Waals surface area contributed by atoms with E-state index in [2.05, 4.69) is 10.3 Å². The molecule has 0 radical (unpaired) electrons. The van der Waals surface area contributed by atoms with Crippen LogP contribution in [0.15, 0.2) is 47.3 Å². The first-order valence-corrected chi connectivity index (χ1v) is 10.5. The minimum atomic E-state index is -0.0815. The van der Waals surface area contributed by atoms with E-state index >= 15 is 0 Å². The smallest absolute Gasteiger partial charge is 0.262 e. The first-order valence-electron chi connectivity index (χ1n) is 9.38. The van der Waals surface area contributed by atoms with Gasteiger partial charge in [-0.3, -0.25) is 14.2 Å². The number of aromatic nitrogens is 2. The Hall–Kier alpha value is -2.15. The van der Waals surface area contributed by atoms with Crippen LogP contribution in [0.4, 0.5) is 0 Å². The van der Waals surface area contributed by atoms with Crippen LogP contribution in [0.25, 0.3) is 10.9 Å². The van der Waals surface area contributed by atoms with Crippen LogP contribution in [0, 0.1) is 4.77 Å². The fraction of sp³-hybridized carbons (Fsp3) is 0.286. The SMILES string of the molecule is O=C(CCCCCn1c(=S)[nH]c2ccccc2c1=O)NCc1ccc(Cl)cc1Cl. The molecule has 29 heavy (non-hydrogen) atoms. The molecule has 2 aromatic carbocycles. The molecule has 0 unspecified atom stereocenters. The van der Waals surface area contributed by atoms with Gasteiger partial charge >= 0.3 is 0 Å². The van der Waals surface area contributed by atoms with Crippen molar-refractivity contribution in [1.82, 2.24) is 14.9 Å². The molecule has 0 aliphatic heterocycles. The summed E-state index contributed by atoms with van der Waals surface area (Å²) in [6, 6.07) is 12.5. The highest BCUT2D eigenvalue weighted by Gasteiger charge is 2.07. The fourth-order valence-electron chi connectivity index (χ4n) is 3.08. The summed E-state index contributed by atoms with van der Waals surface area (Å²) >= 11 is 17.3. The van der Waals surface area contributed by atoms with E-state index in [1.54, 1.807) is 28.8 Å². The van der Waals surface area contributed by atoms with Crippen molar-refractivity contribution < 1.29 is 4.79 Å². The van der Waals surface area contributed by atoms with Crippen LogP contribution in [0.1, 0.15) is 31.2 Å². The number of nitrogens with zero attached hydrogens (tertiary/aromatic N) is 1. The minimum absolute atomic E-state index is 0.0313. The number of aromatic amines is 1. The summed E-state index contributed by atoms with van der Waals surface area (Å²) in [4.78, 5) is 27.7. The standard InChI is InChI=1S/C21H21Cl2N3O2S/c22-15-10-9-14(17(23)12-15)13-24-19(27)8-2-1-5-11-26-20(28)16-6-3-4-7-18(16)25-21(26)29/h3-4,6-7,9-10,12H,1-2,5,8,11,13H2,(H,24,27)(H,25,29). The molecule has 0 atom stereocenters. The number of para-hydroxylation sites is 1. The van der Waals surface area contributed by atoms with E-state index < -0.39 is 0 Å². The number of carbonyl (C=O) groups excluding carboxylic acids is 1. The van der Waals surface area contributed by atoms with Crippen molar-refractivity contribution in [2.45, 2.75) is 38.8 Å². The largest absolute Gasteiger partial charge is 0.352 e. The number of amides is 1. The maximum Gasteiger partial charge on any atom is 0.262 e. The van der Waals surface area contributed by atoms with E-state index in [0.717, 1.165) is 30.3 Å². The monoisotopic (exact) mass is 449 g/mol. The lowest BCUT2D eigenvalue weighted by molar-refractivity contribution is -0.121. The number of fused-ring (bicyclic) bond motifs is 1. The van der Waals surface area contributed by atoms with E-state index in [-0.39, 0.29) is 11.5 Å². The van der Waals surface area contributed by atoms with Gasteiger partial charge in [0.2, 0.25) is 5.91 Å². The quantitative estimate of drug-likeness (QED) is 0.364. The molecule has 3 rings (SSSR count). The van der Waals surface area contributed by atoms with Crippen molar-refractivity contribution in [2.24, 2.45) is 0 Å². The predicted molar refractivity (Wildman–Crippen MR) is 120 cm³/mol. The molecule has 0 aliphatic carbocycles. The van der Waals surface area contributed by atoms with E-state index in [4.69, 9.17) is 35.4 Å². The Bertz CT molecular complexity index is 1140. The highest BCUT2D eigenvalue weighted by molar-refractivity contribution is 7.71. The molecular formula is C21H21Cl2N3O2S. The average Bonchev–Trinajstić information content (AvgIpc) is 2.69. The molecule has 1 aromatic heterocycles. The van der Waals surface area contributed by atoms with E-state index in [0.29, 0.717) is 39.7 Å². The van der Waals surface area contributed by atoms with Crippen LogP contribution in [-0.2, 0) is 17.9 Å². The van der Waals surface area contributed by atoms with E-state index in [1.807, 2.05) is 18.2 Å². The molecule has 0 saturated carbocycles. The predicted octanol–water partition coefficient (Wildman–Crippen LogP) is 5.24. The molecule has 0 spiro atoms. The Balaban J connectivity index is 1.44. The molecule has 1 heterocycles. The Morgan fingerprint density at radius 2 is 1.90 bits per heavy atom. The summed E-state index contributed by atoms with van der Waals surface area (Å²) in [7, 11) is 0. The van der Waals surface area contributed by atoms with Gasteiger partial charge in [0.05, 0.1) is 10.9 Å². The number of unbranched alkanes of at least 4 members (excludes halogenated alkanes) is 2. The Labute approximate surface area is 183 Å². The minimum Gasteiger partial charge on any atom is -0.352 e. The van der Waals surface area contributed by atoms with Gasteiger partial charge in [0.25, 0.3) is 5.56 Å². The lowest BCUT2D eigenvalue weighted by atomic mass is 10.1. The fourth-order valence-corrected chi connectivity index (χ4v) is 3.84. The lowest BCUT2D eigenvalue weighted by Gasteiger charge is -2.09. The summed E-state index contributed by atoms with van der Waals surface area (Å²) in [5, 5.41) is 4.59. The number of carbonyl (C=O) groups is 1. The summed E-state index contributed by atoms with van der Waals surface area (Å²) in [5.74, 6) is -0.0313. The molecule has 0 saturated heterocycles. The summed E-state index contributed by atoms with van der Waals surface area (Å²) in [6.07, 6.45) is 2.75. The number of hydrogen-bond acceptors (Lipinski definition) is 3. The van der Waals surface area contributed by atoms with Crippen molar-refractivity contribution >= 4 is 52.2 Å². The van der Waals surface area contributed by atoms with Gasteiger partial charge in [-0.1, -0.05) is 47.8 Å². The van der Waals surface area contributed by atoms with Gasteiger partial charge in [0.1, 0.15) is 0 Å². The van der Waals surface area contributed by atoms with Crippen LogP contribution in [-0.4, -0.2) is 15.5 Å². The number of H-pyrrole nitrogens is 1. The molecule has 5 nitrogen and oxygen atoms in total. The van der Waals surface area contributed by atoms with Gasteiger partial charge in [-0.25, -0.2) is 0 Å². The van der Waals surface area contributed by atoms with Crippen molar-refractivity contribution in [3.63, 3.8) is 0 Å². The van der Waals surface area contributed by atoms with Gasteiger partial charge < -0.3 is 10.3 Å². The van der Waals surface area contributed by atoms with Gasteiger partial charge in [-0.15, -0.1) is 0 Å². The van der Waals surface area contributed by atoms with Gasteiger partial charge in [-0.2, -0.15) is 0 Å². The molecule has 152 valence electrons. The highest BCUT2D eigenvalue weighted by Crippen LogP contribution is 2.20. The van der Waals surface area contributed by atoms with Crippen molar-refractivity contribution in [2.75, 3.05) is 0 Å². The zero-order valence-electron chi connectivity index (χ0n) is 15.7. The first-order chi connectivity index (χ1) is 14.0. The van der Waals surface area contributed by atoms with Crippen molar-refractivity contribution in [3.05, 3.63) is 73.2 Å². The molecule has 0 fully saturated rings. The Kier molecular flexibility index (Phi) is 7.47. The summed E-state index contributed by atoms with van der Waals surface area (Å²) in [6.45, 7) is 0.900. The maximum absolute atomic E-state index is 12.6. The summed E-state index contributed by atoms with van der Waals surface area (Å²) in [5.41, 5.74) is 1.49. The molecule has 3 aromatic rings. The third kappa shape index (κ3) is 5.69.